The van der Waals surface area contributed by atoms with E-state index in [9.17, 15) is 4.39 Å². The molecule has 1 aromatic carbocycles. The summed E-state index contributed by atoms with van der Waals surface area (Å²) >= 11 is 8.93. The second-order valence-corrected chi connectivity index (χ2v) is 7.15. The van der Waals surface area contributed by atoms with Crippen molar-refractivity contribution in [3.8, 4) is 0 Å². The van der Waals surface area contributed by atoms with Crippen molar-refractivity contribution in [1.82, 2.24) is 10.6 Å². The van der Waals surface area contributed by atoms with E-state index < -0.39 is 0 Å². The number of halogens is 1. The molecule has 1 aromatic rings. The average molecular weight is 331 g/mol. The monoisotopic (exact) mass is 330 g/mol. The summed E-state index contributed by atoms with van der Waals surface area (Å²) in [5, 5.41) is 7.19. The maximum absolute atomic E-state index is 13.4. The molecule has 110 valence electrons. The van der Waals surface area contributed by atoms with E-state index >= 15 is 0 Å². The Morgan fingerprint density at radius 3 is 3.20 bits per heavy atom. The first-order valence-corrected chi connectivity index (χ1v) is 9.45. The Morgan fingerprint density at radius 1 is 1.55 bits per heavy atom. The van der Waals surface area contributed by atoms with Crippen LogP contribution in [0.4, 0.5) is 4.39 Å². The first-order valence-electron chi connectivity index (χ1n) is 6.66. The molecule has 2 N–H and O–H groups in total. The van der Waals surface area contributed by atoms with E-state index in [-0.39, 0.29) is 11.9 Å². The molecule has 0 fully saturated rings. The third kappa shape index (κ3) is 4.53. The van der Waals surface area contributed by atoms with Crippen molar-refractivity contribution in [2.45, 2.75) is 23.8 Å². The predicted molar refractivity (Wildman–Crippen MR) is 91.2 cm³/mol. The molecule has 0 unspecified atom stereocenters. The van der Waals surface area contributed by atoms with Crippen molar-refractivity contribution in [3.63, 3.8) is 0 Å². The smallest absolute Gasteiger partial charge is 0.166 e. The molecule has 1 aliphatic rings. The Labute approximate surface area is 133 Å². The SMILES string of the molecule is CSCCCNC(=S)N[C@H]1CCSc2ccc(F)cc21. The lowest BCUT2D eigenvalue weighted by atomic mass is 10.0. The third-order valence-electron chi connectivity index (χ3n) is 3.13. The molecule has 1 heterocycles. The molecule has 0 spiro atoms. The first kappa shape index (κ1) is 15.9. The molecule has 2 nitrogen and oxygen atoms in total. The molecule has 0 saturated carbocycles. The van der Waals surface area contributed by atoms with Crippen molar-refractivity contribution >= 4 is 40.9 Å². The maximum Gasteiger partial charge on any atom is 0.166 e. The van der Waals surface area contributed by atoms with Gasteiger partial charge in [0.05, 0.1) is 6.04 Å². The van der Waals surface area contributed by atoms with Crippen LogP contribution in [0.15, 0.2) is 23.1 Å². The number of rotatable bonds is 5. The van der Waals surface area contributed by atoms with Crippen LogP contribution < -0.4 is 10.6 Å². The largest absolute Gasteiger partial charge is 0.363 e. The molecular weight excluding hydrogens is 311 g/mol. The second kappa shape index (κ2) is 8.10. The van der Waals surface area contributed by atoms with Gasteiger partial charge in [-0.25, -0.2) is 4.39 Å². The number of thioether (sulfide) groups is 2. The molecule has 0 radical (unpaired) electrons. The number of benzene rings is 1. The Kier molecular flexibility index (Phi) is 6.45. The number of fused-ring (bicyclic) bond motifs is 1. The van der Waals surface area contributed by atoms with Gasteiger partial charge in [0.1, 0.15) is 5.82 Å². The summed E-state index contributed by atoms with van der Waals surface area (Å²) in [6.45, 7) is 0.879. The Hall–Kier alpha value is -0.460. The van der Waals surface area contributed by atoms with Crippen LogP contribution in [0.1, 0.15) is 24.4 Å². The van der Waals surface area contributed by atoms with Gasteiger partial charge < -0.3 is 10.6 Å². The zero-order valence-corrected chi connectivity index (χ0v) is 13.9. The highest BCUT2D eigenvalue weighted by molar-refractivity contribution is 7.99. The van der Waals surface area contributed by atoms with Crippen LogP contribution in [0, 0.1) is 5.82 Å². The molecule has 2 rings (SSSR count). The Morgan fingerprint density at radius 2 is 2.40 bits per heavy atom. The summed E-state index contributed by atoms with van der Waals surface area (Å²) in [6.07, 6.45) is 4.16. The Bertz CT molecular complexity index is 468. The van der Waals surface area contributed by atoms with Gasteiger partial charge >= 0.3 is 0 Å². The van der Waals surface area contributed by atoms with Crippen LogP contribution in [0.5, 0.6) is 0 Å². The molecule has 1 aliphatic heterocycles. The summed E-state index contributed by atoms with van der Waals surface area (Å²) < 4.78 is 13.4. The zero-order chi connectivity index (χ0) is 14.4. The molecule has 6 heteroatoms. The van der Waals surface area contributed by atoms with Gasteiger partial charge in [-0.2, -0.15) is 11.8 Å². The van der Waals surface area contributed by atoms with Gasteiger partial charge in [-0.05, 0) is 60.8 Å². The van der Waals surface area contributed by atoms with Crippen LogP contribution in [0.2, 0.25) is 0 Å². The van der Waals surface area contributed by atoms with Crippen LogP contribution >= 0.6 is 35.7 Å². The summed E-state index contributed by atoms with van der Waals surface area (Å²) in [5.41, 5.74) is 1.02. The van der Waals surface area contributed by atoms with E-state index in [0.717, 1.165) is 41.4 Å². The van der Waals surface area contributed by atoms with Gasteiger partial charge in [-0.3, -0.25) is 0 Å². The molecule has 0 aromatic heterocycles. The summed E-state index contributed by atoms with van der Waals surface area (Å²) in [5.74, 6) is 1.98. The molecular formula is C14H19FN2S3. The van der Waals surface area contributed by atoms with E-state index in [0.29, 0.717) is 5.11 Å². The van der Waals surface area contributed by atoms with Gasteiger partial charge in [0, 0.05) is 17.2 Å². The van der Waals surface area contributed by atoms with Crippen LogP contribution in [-0.4, -0.2) is 29.4 Å². The number of hydrogen-bond donors (Lipinski definition) is 2. The Balaban J connectivity index is 1.91. The lowest BCUT2D eigenvalue weighted by Crippen LogP contribution is -2.39. The minimum absolute atomic E-state index is 0.113. The highest BCUT2D eigenvalue weighted by Crippen LogP contribution is 2.36. The van der Waals surface area contributed by atoms with Gasteiger partial charge in [-0.1, -0.05) is 0 Å². The van der Waals surface area contributed by atoms with E-state index in [4.69, 9.17) is 12.2 Å². The van der Waals surface area contributed by atoms with Crippen molar-refractivity contribution in [2.75, 3.05) is 24.3 Å². The third-order valence-corrected chi connectivity index (χ3v) is 5.21. The highest BCUT2D eigenvalue weighted by atomic mass is 32.2. The summed E-state index contributed by atoms with van der Waals surface area (Å²) in [4.78, 5) is 1.15. The van der Waals surface area contributed by atoms with Gasteiger partial charge in [0.25, 0.3) is 0 Å². The second-order valence-electron chi connectivity index (χ2n) is 4.62. The number of nitrogens with one attached hydrogen (secondary N) is 2. The van der Waals surface area contributed by atoms with Crippen LogP contribution in [0.3, 0.4) is 0 Å². The number of hydrogen-bond acceptors (Lipinski definition) is 3. The van der Waals surface area contributed by atoms with Crippen molar-refractivity contribution in [2.24, 2.45) is 0 Å². The molecule has 1 atom stereocenters. The molecule has 0 aliphatic carbocycles. The minimum atomic E-state index is -0.183. The fraction of sp³-hybridized carbons (Fsp3) is 0.500. The predicted octanol–water partition coefficient (Wildman–Crippen LogP) is 3.58. The average Bonchev–Trinajstić information content (AvgIpc) is 2.44. The van der Waals surface area contributed by atoms with Crippen molar-refractivity contribution in [3.05, 3.63) is 29.6 Å². The van der Waals surface area contributed by atoms with Crippen molar-refractivity contribution < 1.29 is 4.39 Å². The molecule has 20 heavy (non-hydrogen) atoms. The normalized spacial score (nSPS) is 17.4. The van der Waals surface area contributed by atoms with Crippen LogP contribution in [0.25, 0.3) is 0 Å². The van der Waals surface area contributed by atoms with E-state index in [1.165, 1.54) is 6.07 Å². The standard InChI is InChI=1S/C14H19FN2S3/c1-19-7-2-6-16-14(18)17-12-5-8-20-13-4-3-10(15)9-11(12)13/h3-4,9,12H,2,5-8H2,1H3,(H2,16,17,18)/t12-/m0/s1. The van der Waals surface area contributed by atoms with Gasteiger partial charge in [0.2, 0.25) is 0 Å². The zero-order valence-electron chi connectivity index (χ0n) is 11.4. The quantitative estimate of drug-likeness (QED) is 0.635. The van der Waals surface area contributed by atoms with E-state index in [2.05, 4.69) is 16.9 Å². The van der Waals surface area contributed by atoms with Gasteiger partial charge in [-0.15, -0.1) is 11.8 Å². The summed E-state index contributed by atoms with van der Waals surface area (Å²) in [6, 6.07) is 5.11. The molecule has 0 bridgehead atoms. The minimum Gasteiger partial charge on any atom is -0.363 e. The van der Waals surface area contributed by atoms with E-state index in [1.807, 2.05) is 17.8 Å². The molecule has 0 saturated heterocycles. The number of thiocarbonyl (C=S) groups is 1. The highest BCUT2D eigenvalue weighted by Gasteiger charge is 2.21. The van der Waals surface area contributed by atoms with Crippen LogP contribution in [-0.2, 0) is 0 Å². The molecule has 0 amide bonds. The lowest BCUT2D eigenvalue weighted by molar-refractivity contribution is 0.581. The van der Waals surface area contributed by atoms with E-state index in [1.54, 1.807) is 17.8 Å². The fourth-order valence-corrected chi connectivity index (χ4v) is 3.93. The lowest BCUT2D eigenvalue weighted by Gasteiger charge is -2.27. The summed E-state index contributed by atoms with van der Waals surface area (Å²) in [7, 11) is 0. The fourth-order valence-electron chi connectivity index (χ4n) is 2.14. The topological polar surface area (TPSA) is 24.1 Å². The maximum atomic E-state index is 13.4. The van der Waals surface area contributed by atoms with Crippen molar-refractivity contribution in [1.29, 1.82) is 0 Å². The van der Waals surface area contributed by atoms with Gasteiger partial charge in [0.15, 0.2) is 5.11 Å². The first-order chi connectivity index (χ1) is 9.70.